The molecule has 96 valence electrons. The van der Waals surface area contributed by atoms with Gasteiger partial charge in [-0.3, -0.25) is 5.84 Å². The van der Waals surface area contributed by atoms with Crippen molar-refractivity contribution in [1.82, 2.24) is 4.72 Å². The van der Waals surface area contributed by atoms with Crippen molar-refractivity contribution >= 4 is 27.0 Å². The molecule has 0 spiro atoms. The maximum Gasteiger partial charge on any atom is 0.240 e. The lowest BCUT2D eigenvalue weighted by molar-refractivity contribution is 0.582. The number of benzene rings is 1. The van der Waals surface area contributed by atoms with Crippen LogP contribution in [0.25, 0.3) is 0 Å². The number of nitrogens with one attached hydrogen (secondary N) is 2. The van der Waals surface area contributed by atoms with E-state index in [1.807, 2.05) is 17.5 Å². The Balaban J connectivity index is 2.09. The quantitative estimate of drug-likeness (QED) is 0.573. The summed E-state index contributed by atoms with van der Waals surface area (Å²) in [5, 5.41) is 1.91. The summed E-state index contributed by atoms with van der Waals surface area (Å²) in [6, 6.07) is 10.0. The van der Waals surface area contributed by atoms with Gasteiger partial charge in [0.15, 0.2) is 0 Å². The number of hydrogen-bond acceptors (Lipinski definition) is 5. The highest BCUT2D eigenvalue weighted by Crippen LogP contribution is 2.14. The van der Waals surface area contributed by atoms with Gasteiger partial charge < -0.3 is 5.43 Å². The second-order valence-corrected chi connectivity index (χ2v) is 6.37. The Labute approximate surface area is 110 Å². The first-order chi connectivity index (χ1) is 8.62. The first-order valence-electron chi connectivity index (χ1n) is 5.20. The number of nitrogens with two attached hydrogens (primary N) is 1. The van der Waals surface area contributed by atoms with Crippen molar-refractivity contribution in [3.63, 3.8) is 0 Å². The van der Waals surface area contributed by atoms with Crippen LogP contribution in [0.1, 0.15) is 4.88 Å². The molecule has 7 heteroatoms. The topological polar surface area (TPSA) is 84.2 Å². The van der Waals surface area contributed by atoms with Crippen LogP contribution in [0.3, 0.4) is 0 Å². The molecular formula is C11H13N3O2S2. The summed E-state index contributed by atoms with van der Waals surface area (Å²) >= 11 is 1.51. The Morgan fingerprint density at radius 1 is 1.17 bits per heavy atom. The molecule has 4 N–H and O–H groups in total. The third kappa shape index (κ3) is 3.08. The SMILES string of the molecule is NNc1ccc(S(=O)(=O)NCc2cccs2)cc1. The van der Waals surface area contributed by atoms with Gasteiger partial charge in [0.05, 0.1) is 4.90 Å². The van der Waals surface area contributed by atoms with Crippen LogP contribution in [0, 0.1) is 0 Å². The number of rotatable bonds is 5. The smallest absolute Gasteiger partial charge is 0.240 e. The average Bonchev–Trinajstić information content (AvgIpc) is 2.90. The van der Waals surface area contributed by atoms with Crippen LogP contribution in [-0.2, 0) is 16.6 Å². The Morgan fingerprint density at radius 3 is 2.44 bits per heavy atom. The molecule has 0 saturated heterocycles. The zero-order valence-electron chi connectivity index (χ0n) is 9.46. The monoisotopic (exact) mass is 283 g/mol. The Kier molecular flexibility index (Phi) is 3.97. The van der Waals surface area contributed by atoms with Crippen molar-refractivity contribution in [2.75, 3.05) is 5.43 Å². The minimum Gasteiger partial charge on any atom is -0.324 e. The van der Waals surface area contributed by atoms with E-state index >= 15 is 0 Å². The summed E-state index contributed by atoms with van der Waals surface area (Å²) in [5.74, 6) is 5.22. The molecule has 1 aromatic heterocycles. The first-order valence-corrected chi connectivity index (χ1v) is 7.57. The zero-order chi connectivity index (χ0) is 13.0. The Morgan fingerprint density at radius 2 is 1.89 bits per heavy atom. The van der Waals surface area contributed by atoms with Gasteiger partial charge in [0.25, 0.3) is 0 Å². The molecule has 0 fully saturated rings. The summed E-state index contributed by atoms with van der Waals surface area (Å²) in [6.45, 7) is 0.302. The number of hydrogen-bond donors (Lipinski definition) is 3. The van der Waals surface area contributed by atoms with E-state index in [-0.39, 0.29) is 4.90 Å². The number of thiophene rings is 1. The van der Waals surface area contributed by atoms with Crippen LogP contribution < -0.4 is 16.0 Å². The third-order valence-electron chi connectivity index (χ3n) is 2.35. The molecule has 1 aromatic carbocycles. The van der Waals surface area contributed by atoms with Crippen LogP contribution >= 0.6 is 11.3 Å². The van der Waals surface area contributed by atoms with Gasteiger partial charge in [0.2, 0.25) is 10.0 Å². The van der Waals surface area contributed by atoms with Crippen molar-refractivity contribution in [1.29, 1.82) is 0 Å². The van der Waals surface area contributed by atoms with Gasteiger partial charge in [0.1, 0.15) is 0 Å². The lowest BCUT2D eigenvalue weighted by atomic mass is 10.3. The molecule has 2 aromatic rings. The molecule has 0 saturated carbocycles. The molecule has 5 nitrogen and oxygen atoms in total. The molecule has 2 rings (SSSR count). The zero-order valence-corrected chi connectivity index (χ0v) is 11.1. The molecule has 0 radical (unpaired) electrons. The second-order valence-electron chi connectivity index (χ2n) is 3.57. The van der Waals surface area contributed by atoms with Crippen molar-refractivity contribution < 1.29 is 8.42 Å². The van der Waals surface area contributed by atoms with E-state index in [2.05, 4.69) is 10.1 Å². The van der Waals surface area contributed by atoms with Gasteiger partial charge in [-0.25, -0.2) is 13.1 Å². The van der Waals surface area contributed by atoms with Gasteiger partial charge in [-0.05, 0) is 35.7 Å². The normalized spacial score (nSPS) is 11.4. The van der Waals surface area contributed by atoms with E-state index in [1.165, 1.54) is 23.5 Å². The highest BCUT2D eigenvalue weighted by Gasteiger charge is 2.13. The first kappa shape index (κ1) is 13.0. The maximum absolute atomic E-state index is 12.0. The molecule has 0 atom stereocenters. The van der Waals surface area contributed by atoms with Crippen LogP contribution in [0.4, 0.5) is 5.69 Å². The van der Waals surface area contributed by atoms with Crippen molar-refractivity contribution in [3.8, 4) is 0 Å². The number of nitrogen functional groups attached to an aromatic ring is 1. The molecule has 0 aliphatic rings. The highest BCUT2D eigenvalue weighted by molar-refractivity contribution is 7.89. The molecule has 0 aliphatic carbocycles. The Hall–Kier alpha value is -1.41. The summed E-state index contributed by atoms with van der Waals surface area (Å²) in [7, 11) is -3.47. The average molecular weight is 283 g/mol. The molecule has 0 bridgehead atoms. The fourth-order valence-corrected chi connectivity index (χ4v) is 3.14. The molecule has 0 unspecified atom stereocenters. The summed E-state index contributed by atoms with van der Waals surface area (Å²) < 4.78 is 26.5. The number of anilines is 1. The van der Waals surface area contributed by atoms with Gasteiger partial charge in [-0.1, -0.05) is 6.07 Å². The molecule has 18 heavy (non-hydrogen) atoms. The molecule has 0 aliphatic heterocycles. The van der Waals surface area contributed by atoms with E-state index in [1.54, 1.807) is 12.1 Å². The lowest BCUT2D eigenvalue weighted by Gasteiger charge is -2.06. The van der Waals surface area contributed by atoms with E-state index in [0.29, 0.717) is 12.2 Å². The maximum atomic E-state index is 12.0. The van der Waals surface area contributed by atoms with Gasteiger partial charge in [-0.15, -0.1) is 11.3 Å². The molecule has 1 heterocycles. The summed E-state index contributed by atoms with van der Waals surface area (Å²) in [4.78, 5) is 1.19. The van der Waals surface area contributed by atoms with E-state index in [9.17, 15) is 8.42 Å². The van der Waals surface area contributed by atoms with Gasteiger partial charge in [-0.2, -0.15) is 0 Å². The Bertz CT molecular complexity index is 592. The van der Waals surface area contributed by atoms with E-state index in [0.717, 1.165) is 4.88 Å². The highest BCUT2D eigenvalue weighted by atomic mass is 32.2. The van der Waals surface area contributed by atoms with Gasteiger partial charge >= 0.3 is 0 Å². The largest absolute Gasteiger partial charge is 0.324 e. The van der Waals surface area contributed by atoms with E-state index < -0.39 is 10.0 Å². The summed E-state index contributed by atoms with van der Waals surface area (Å²) in [6.07, 6.45) is 0. The minimum absolute atomic E-state index is 0.220. The van der Waals surface area contributed by atoms with Crippen LogP contribution in [0.2, 0.25) is 0 Å². The van der Waals surface area contributed by atoms with Gasteiger partial charge in [0, 0.05) is 17.1 Å². The third-order valence-corrected chi connectivity index (χ3v) is 4.64. The van der Waals surface area contributed by atoms with Crippen molar-refractivity contribution in [2.24, 2.45) is 5.84 Å². The fourth-order valence-electron chi connectivity index (χ4n) is 1.39. The number of hydrazine groups is 1. The standard InChI is InChI=1S/C11H13N3O2S2/c12-14-9-3-5-11(6-4-9)18(15,16)13-8-10-2-1-7-17-10/h1-7,13-14H,8,12H2. The number of sulfonamides is 1. The van der Waals surface area contributed by atoms with E-state index in [4.69, 9.17) is 5.84 Å². The lowest BCUT2D eigenvalue weighted by Crippen LogP contribution is -2.22. The predicted octanol–water partition coefficient (Wildman–Crippen LogP) is 1.51. The van der Waals surface area contributed by atoms with Crippen LogP contribution in [-0.4, -0.2) is 8.42 Å². The fraction of sp³-hybridized carbons (Fsp3) is 0.0909. The second kappa shape index (κ2) is 5.49. The van der Waals surface area contributed by atoms with Crippen LogP contribution in [0.15, 0.2) is 46.7 Å². The molecule has 0 amide bonds. The van der Waals surface area contributed by atoms with Crippen molar-refractivity contribution in [2.45, 2.75) is 11.4 Å². The summed E-state index contributed by atoms with van der Waals surface area (Å²) in [5.41, 5.74) is 3.11. The minimum atomic E-state index is -3.47. The molecular weight excluding hydrogens is 270 g/mol. The predicted molar refractivity (Wildman–Crippen MR) is 72.6 cm³/mol. The van der Waals surface area contributed by atoms with Crippen LogP contribution in [0.5, 0.6) is 0 Å². The van der Waals surface area contributed by atoms with Crippen molar-refractivity contribution in [3.05, 3.63) is 46.7 Å².